The average Bonchev–Trinajstić information content (AvgIpc) is 3.16. The molecule has 4 rings (SSSR count). The highest BCUT2D eigenvalue weighted by atomic mass is 32.2. The van der Waals surface area contributed by atoms with E-state index in [2.05, 4.69) is 0 Å². The molecule has 0 spiro atoms. The molecule has 1 fully saturated rings. The third-order valence-corrected chi connectivity index (χ3v) is 7.77. The second-order valence-corrected chi connectivity index (χ2v) is 10.1. The number of sulfonamides is 1. The Bertz CT molecular complexity index is 1250. The molecule has 33 heavy (non-hydrogen) atoms. The van der Waals surface area contributed by atoms with Crippen LogP contribution in [0.2, 0.25) is 0 Å². The molecule has 0 amide bonds. The molecule has 1 aliphatic rings. The summed E-state index contributed by atoms with van der Waals surface area (Å²) in [6, 6.07) is 13.9. The highest BCUT2D eigenvalue weighted by Crippen LogP contribution is 2.21. The molecule has 0 aliphatic carbocycles. The van der Waals surface area contributed by atoms with Crippen molar-refractivity contribution < 1.29 is 22.4 Å². The summed E-state index contributed by atoms with van der Waals surface area (Å²) in [7, 11) is -3.45. The number of hydrogen-bond acceptors (Lipinski definition) is 6. The number of fused-ring (bicyclic) bond motifs is 1. The molecule has 0 saturated carbocycles. The van der Waals surface area contributed by atoms with Gasteiger partial charge in [-0.25, -0.2) is 13.2 Å². The lowest BCUT2D eigenvalue weighted by Crippen LogP contribution is -2.35. The van der Waals surface area contributed by atoms with Crippen LogP contribution in [0.5, 0.6) is 0 Å². The molecule has 176 valence electrons. The van der Waals surface area contributed by atoms with Crippen molar-refractivity contribution in [1.82, 2.24) is 8.87 Å². The normalized spacial score (nSPS) is 15.0. The van der Waals surface area contributed by atoms with Gasteiger partial charge in [0.25, 0.3) is 0 Å². The first-order chi connectivity index (χ1) is 15.9. The van der Waals surface area contributed by atoms with Crippen LogP contribution in [0.1, 0.15) is 37.7 Å². The number of aryl methyl sites for hydroxylation is 2. The topological polar surface area (TPSA) is 98.8 Å². The zero-order valence-electron chi connectivity index (χ0n) is 18.4. The second kappa shape index (κ2) is 10.4. The van der Waals surface area contributed by atoms with Gasteiger partial charge >= 0.3 is 11.7 Å². The van der Waals surface area contributed by atoms with Crippen molar-refractivity contribution in [3.8, 4) is 0 Å². The molecule has 0 bridgehead atoms. The van der Waals surface area contributed by atoms with Crippen molar-refractivity contribution in [2.24, 2.45) is 0 Å². The van der Waals surface area contributed by atoms with Gasteiger partial charge in [0.2, 0.25) is 10.0 Å². The second-order valence-electron chi connectivity index (χ2n) is 8.17. The Labute approximate surface area is 192 Å². The lowest BCUT2D eigenvalue weighted by Gasteiger charge is -2.25. The van der Waals surface area contributed by atoms with Gasteiger partial charge in [-0.05, 0) is 55.5 Å². The van der Waals surface area contributed by atoms with E-state index in [-0.39, 0.29) is 23.9 Å². The molecule has 0 N–H and O–H groups in total. The van der Waals surface area contributed by atoms with Gasteiger partial charge in [0.1, 0.15) is 0 Å². The van der Waals surface area contributed by atoms with Crippen molar-refractivity contribution in [2.75, 3.05) is 19.7 Å². The van der Waals surface area contributed by atoms with Crippen LogP contribution in [-0.4, -0.2) is 43.0 Å². The number of nitrogens with zero attached hydrogens (tertiary/aromatic N) is 2. The number of carbonyl (C=O) groups is 1. The fourth-order valence-electron chi connectivity index (χ4n) is 4.04. The number of oxazole rings is 1. The summed E-state index contributed by atoms with van der Waals surface area (Å²) in [6.07, 6.45) is 4.03. The molecule has 0 atom stereocenters. The molecular weight excluding hydrogens is 444 g/mol. The van der Waals surface area contributed by atoms with Gasteiger partial charge < -0.3 is 9.15 Å². The lowest BCUT2D eigenvalue weighted by molar-refractivity contribution is -0.143. The monoisotopic (exact) mass is 472 g/mol. The zero-order chi connectivity index (χ0) is 23.3. The molecule has 0 radical (unpaired) electrons. The molecule has 2 aromatic carbocycles. The predicted molar refractivity (Wildman–Crippen MR) is 123 cm³/mol. The summed E-state index contributed by atoms with van der Waals surface area (Å²) in [6.45, 7) is 1.75. The number of para-hydroxylation sites is 2. The Morgan fingerprint density at radius 1 is 1.00 bits per heavy atom. The van der Waals surface area contributed by atoms with Gasteiger partial charge in [0.05, 0.1) is 17.0 Å². The molecule has 3 aromatic rings. The van der Waals surface area contributed by atoms with Crippen molar-refractivity contribution in [2.45, 2.75) is 50.0 Å². The number of carbonyl (C=O) groups excluding carboxylic acids is 1. The predicted octanol–water partition coefficient (Wildman–Crippen LogP) is 3.34. The van der Waals surface area contributed by atoms with E-state index in [0.29, 0.717) is 38.1 Å². The maximum Gasteiger partial charge on any atom is 0.419 e. The molecule has 1 aromatic heterocycles. The van der Waals surface area contributed by atoms with E-state index in [1.165, 1.54) is 4.57 Å². The van der Waals surface area contributed by atoms with Crippen molar-refractivity contribution in [3.63, 3.8) is 0 Å². The van der Waals surface area contributed by atoms with Gasteiger partial charge in [0, 0.05) is 26.1 Å². The summed E-state index contributed by atoms with van der Waals surface area (Å²) in [5, 5.41) is 0. The van der Waals surface area contributed by atoms with Crippen LogP contribution in [-0.2, 0) is 32.5 Å². The standard InChI is InChI=1S/C24H28N2O6S/c27-23(31-18-6-17-26-21-7-2-3-8-22(21)32-24(26)28)14-11-19-9-12-20(13-10-19)33(29,30)25-15-4-1-5-16-25/h2-3,7-10,12-13H,1,4-6,11,14-18H2. The van der Waals surface area contributed by atoms with Crippen LogP contribution in [0.3, 0.4) is 0 Å². The number of benzene rings is 2. The third-order valence-electron chi connectivity index (χ3n) is 5.86. The van der Waals surface area contributed by atoms with E-state index in [9.17, 15) is 18.0 Å². The van der Waals surface area contributed by atoms with Crippen LogP contribution < -0.4 is 5.76 Å². The van der Waals surface area contributed by atoms with Crippen molar-refractivity contribution >= 4 is 27.1 Å². The number of piperidine rings is 1. The fraction of sp³-hybridized carbons (Fsp3) is 0.417. The van der Waals surface area contributed by atoms with Gasteiger partial charge in [-0.1, -0.05) is 30.7 Å². The molecule has 1 saturated heterocycles. The molecule has 8 nitrogen and oxygen atoms in total. The third kappa shape index (κ3) is 5.54. The average molecular weight is 473 g/mol. The first-order valence-electron chi connectivity index (χ1n) is 11.3. The van der Waals surface area contributed by atoms with Gasteiger partial charge in [0.15, 0.2) is 5.58 Å². The van der Waals surface area contributed by atoms with Gasteiger partial charge in [-0.2, -0.15) is 4.31 Å². The lowest BCUT2D eigenvalue weighted by atomic mass is 10.1. The van der Waals surface area contributed by atoms with Crippen LogP contribution in [0, 0.1) is 0 Å². The van der Waals surface area contributed by atoms with E-state index >= 15 is 0 Å². The first kappa shape index (κ1) is 23.3. The number of aromatic nitrogens is 1. The molecule has 9 heteroatoms. The molecule has 1 aliphatic heterocycles. The zero-order valence-corrected chi connectivity index (χ0v) is 19.3. The molecule has 2 heterocycles. The Kier molecular flexibility index (Phi) is 7.29. The summed E-state index contributed by atoms with van der Waals surface area (Å²) in [4.78, 5) is 24.3. The Balaban J connectivity index is 1.22. The quantitative estimate of drug-likeness (QED) is 0.350. The highest BCUT2D eigenvalue weighted by molar-refractivity contribution is 7.89. The number of ether oxygens (including phenoxy) is 1. The maximum absolute atomic E-state index is 12.7. The first-order valence-corrected chi connectivity index (χ1v) is 12.7. The van der Waals surface area contributed by atoms with E-state index in [1.54, 1.807) is 40.7 Å². The smallest absolute Gasteiger partial charge is 0.419 e. The van der Waals surface area contributed by atoms with Gasteiger partial charge in [-0.15, -0.1) is 0 Å². The van der Waals surface area contributed by atoms with Crippen LogP contribution in [0.15, 0.2) is 62.6 Å². The Morgan fingerprint density at radius 2 is 1.73 bits per heavy atom. The molecule has 0 unspecified atom stereocenters. The van der Waals surface area contributed by atoms with E-state index < -0.39 is 15.8 Å². The Morgan fingerprint density at radius 3 is 2.48 bits per heavy atom. The Hall–Kier alpha value is -2.91. The van der Waals surface area contributed by atoms with Crippen LogP contribution in [0.25, 0.3) is 11.1 Å². The van der Waals surface area contributed by atoms with E-state index in [0.717, 1.165) is 30.3 Å². The summed E-state index contributed by atoms with van der Waals surface area (Å²) in [5.41, 5.74) is 2.13. The summed E-state index contributed by atoms with van der Waals surface area (Å²) >= 11 is 0. The number of hydrogen-bond donors (Lipinski definition) is 0. The molecular formula is C24H28N2O6S. The number of rotatable bonds is 9. The van der Waals surface area contributed by atoms with Crippen LogP contribution in [0.4, 0.5) is 0 Å². The highest BCUT2D eigenvalue weighted by Gasteiger charge is 2.25. The maximum atomic E-state index is 12.7. The van der Waals surface area contributed by atoms with Crippen LogP contribution >= 0.6 is 0 Å². The minimum atomic E-state index is -3.45. The van der Waals surface area contributed by atoms with Crippen molar-refractivity contribution in [3.05, 3.63) is 64.6 Å². The largest absolute Gasteiger partial charge is 0.466 e. The summed E-state index contributed by atoms with van der Waals surface area (Å²) < 4.78 is 39.0. The van der Waals surface area contributed by atoms with Crippen molar-refractivity contribution in [1.29, 1.82) is 0 Å². The SMILES string of the molecule is O=C(CCc1ccc(S(=O)(=O)N2CCCCC2)cc1)OCCCn1c(=O)oc2ccccc21. The van der Waals surface area contributed by atoms with E-state index in [4.69, 9.17) is 9.15 Å². The minimum Gasteiger partial charge on any atom is -0.466 e. The van der Waals surface area contributed by atoms with E-state index in [1.807, 2.05) is 12.1 Å². The fourth-order valence-corrected chi connectivity index (χ4v) is 5.55. The van der Waals surface area contributed by atoms with Gasteiger partial charge in [-0.3, -0.25) is 9.36 Å². The summed E-state index contributed by atoms with van der Waals surface area (Å²) in [5.74, 6) is -0.752. The minimum absolute atomic E-state index is 0.201. The number of esters is 1.